The zero-order valence-electron chi connectivity index (χ0n) is 14.9. The van der Waals surface area contributed by atoms with E-state index in [0.29, 0.717) is 24.1 Å². The summed E-state index contributed by atoms with van der Waals surface area (Å²) in [7, 11) is 0. The quantitative estimate of drug-likeness (QED) is 0.615. The summed E-state index contributed by atoms with van der Waals surface area (Å²) in [5, 5.41) is 21.9. The first kappa shape index (κ1) is 21.1. The van der Waals surface area contributed by atoms with E-state index in [1.165, 1.54) is 11.0 Å². The summed E-state index contributed by atoms with van der Waals surface area (Å²) in [6.45, 7) is 0.182. The Bertz CT molecular complexity index is 751. The Morgan fingerprint density at radius 2 is 2.07 bits per heavy atom. The number of anilines is 1. The van der Waals surface area contributed by atoms with Crippen LogP contribution in [0, 0.1) is 5.82 Å². The van der Waals surface area contributed by atoms with Gasteiger partial charge >= 0.3 is 6.09 Å². The number of carbonyl (C=O) groups is 2. The number of benzene rings is 1. The molecule has 1 aromatic rings. The van der Waals surface area contributed by atoms with E-state index in [1.807, 2.05) is 0 Å². The Morgan fingerprint density at radius 3 is 2.71 bits per heavy atom. The summed E-state index contributed by atoms with van der Waals surface area (Å²) >= 11 is 10.9. The van der Waals surface area contributed by atoms with Crippen LogP contribution in [-0.4, -0.2) is 58.5 Å². The van der Waals surface area contributed by atoms with E-state index < -0.39 is 41.0 Å². The van der Waals surface area contributed by atoms with E-state index in [2.05, 4.69) is 5.32 Å². The predicted octanol–water partition coefficient (Wildman–Crippen LogP) is 2.06. The highest BCUT2D eigenvalue weighted by Gasteiger charge is 2.34. The van der Waals surface area contributed by atoms with Crippen molar-refractivity contribution >= 4 is 40.9 Å². The smallest absolute Gasteiger partial charge is 0.414 e. The summed E-state index contributed by atoms with van der Waals surface area (Å²) in [6.07, 6.45) is -1.63. The number of hydrogen-bond acceptors (Lipinski definition) is 5. The predicted molar refractivity (Wildman–Crippen MR) is 101 cm³/mol. The van der Waals surface area contributed by atoms with Crippen molar-refractivity contribution in [2.45, 2.75) is 48.3 Å². The molecule has 4 atom stereocenters. The molecule has 1 aromatic carbocycles. The normalized spacial score (nSPS) is 27.8. The molecule has 2 aliphatic rings. The van der Waals surface area contributed by atoms with Crippen molar-refractivity contribution in [3.8, 4) is 0 Å². The number of carbonyl (C=O) groups excluding carboxylic acids is 2. The molecule has 3 rings (SSSR count). The molecule has 2 amide bonds. The van der Waals surface area contributed by atoms with Gasteiger partial charge < -0.3 is 20.3 Å². The maximum atomic E-state index is 14.7. The van der Waals surface area contributed by atoms with Crippen molar-refractivity contribution in [1.29, 1.82) is 0 Å². The van der Waals surface area contributed by atoms with E-state index in [4.69, 9.17) is 27.9 Å². The second-order valence-corrected chi connectivity index (χ2v) is 8.11. The van der Waals surface area contributed by atoms with E-state index in [0.717, 1.165) is 0 Å². The topological polar surface area (TPSA) is 99.1 Å². The van der Waals surface area contributed by atoms with Gasteiger partial charge in [-0.1, -0.05) is 29.3 Å². The second kappa shape index (κ2) is 8.82. The minimum Gasteiger partial charge on any atom is -0.442 e. The molecule has 1 saturated heterocycles. The molecule has 10 heteroatoms. The number of cyclic esters (lactones) is 1. The van der Waals surface area contributed by atoms with Crippen LogP contribution in [0.25, 0.3) is 0 Å². The van der Waals surface area contributed by atoms with Gasteiger partial charge in [0, 0.05) is 0 Å². The highest BCUT2D eigenvalue weighted by atomic mass is 35.5. The number of aliphatic hydroxyl groups is 2. The van der Waals surface area contributed by atoms with E-state index in [1.54, 1.807) is 12.1 Å². The second-order valence-electron chi connectivity index (χ2n) is 7.01. The van der Waals surface area contributed by atoms with Gasteiger partial charge in [0.05, 0.1) is 31.0 Å². The summed E-state index contributed by atoms with van der Waals surface area (Å²) in [6, 6.07) is 4.46. The van der Waals surface area contributed by atoms with Gasteiger partial charge in [-0.2, -0.15) is 0 Å². The number of halogens is 3. The average Bonchev–Trinajstić information content (AvgIpc) is 3.02. The van der Waals surface area contributed by atoms with Crippen LogP contribution in [-0.2, 0) is 9.53 Å². The molecule has 1 aliphatic heterocycles. The molecule has 0 bridgehead atoms. The van der Waals surface area contributed by atoms with Gasteiger partial charge in [0.2, 0.25) is 0 Å². The zero-order valence-corrected chi connectivity index (χ0v) is 16.4. The molecule has 1 heterocycles. The minimum absolute atomic E-state index is 0.0415. The fraction of sp³-hybridized carbons (Fsp3) is 0.556. The number of hydrogen-bond donors (Lipinski definition) is 3. The Labute approximate surface area is 171 Å². The highest BCUT2D eigenvalue weighted by molar-refractivity contribution is 6.53. The number of ether oxygens (including phenoxy) is 1. The maximum Gasteiger partial charge on any atom is 0.414 e. The van der Waals surface area contributed by atoms with Crippen LogP contribution in [0.4, 0.5) is 14.9 Å². The lowest BCUT2D eigenvalue weighted by Crippen LogP contribution is -2.37. The maximum absolute atomic E-state index is 14.7. The number of aliphatic hydroxyl groups excluding tert-OH is 2. The third kappa shape index (κ3) is 4.68. The summed E-state index contributed by atoms with van der Waals surface area (Å²) in [5.41, 5.74) is 0.783. The molecule has 154 valence electrons. The molecule has 1 saturated carbocycles. The van der Waals surface area contributed by atoms with E-state index in [-0.39, 0.29) is 25.4 Å². The SMILES string of the molecule is O=C(NC[C@H]1CN(c2ccc(C3CCC(O)[C@@H](O)C3)c(F)c2)C(=O)O1)C(Cl)Cl. The molecule has 0 aromatic heterocycles. The molecular weight excluding hydrogens is 414 g/mol. The van der Waals surface area contributed by atoms with Gasteiger partial charge in [-0.15, -0.1) is 0 Å². The summed E-state index contributed by atoms with van der Waals surface area (Å²) in [5.74, 6) is -1.27. The lowest BCUT2D eigenvalue weighted by atomic mass is 9.81. The Hall–Kier alpha value is -1.61. The molecule has 2 unspecified atom stereocenters. The Balaban J connectivity index is 1.65. The highest BCUT2D eigenvalue weighted by Crippen LogP contribution is 2.36. The van der Waals surface area contributed by atoms with Crippen molar-refractivity contribution in [3.63, 3.8) is 0 Å². The van der Waals surface area contributed by atoms with Crippen molar-refractivity contribution in [3.05, 3.63) is 29.6 Å². The lowest BCUT2D eigenvalue weighted by molar-refractivity contribution is -0.119. The molecular formula is C18H21Cl2FN2O5. The van der Waals surface area contributed by atoms with Gasteiger partial charge in [0.15, 0.2) is 4.84 Å². The van der Waals surface area contributed by atoms with Crippen LogP contribution < -0.4 is 10.2 Å². The van der Waals surface area contributed by atoms with Crippen LogP contribution in [0.15, 0.2) is 18.2 Å². The van der Waals surface area contributed by atoms with Crippen molar-refractivity contribution in [2.24, 2.45) is 0 Å². The fourth-order valence-corrected chi connectivity index (χ4v) is 3.71. The average molecular weight is 435 g/mol. The van der Waals surface area contributed by atoms with Gasteiger partial charge in [-0.25, -0.2) is 9.18 Å². The molecule has 7 nitrogen and oxygen atoms in total. The zero-order chi connectivity index (χ0) is 20.4. The number of nitrogens with zero attached hydrogens (tertiary/aromatic N) is 1. The molecule has 0 radical (unpaired) electrons. The third-order valence-electron chi connectivity index (χ3n) is 5.09. The van der Waals surface area contributed by atoms with Crippen molar-refractivity contribution in [2.75, 3.05) is 18.0 Å². The van der Waals surface area contributed by atoms with Crippen LogP contribution in [0.5, 0.6) is 0 Å². The third-order valence-corrected chi connectivity index (χ3v) is 5.49. The Kier molecular flexibility index (Phi) is 6.65. The van der Waals surface area contributed by atoms with Crippen molar-refractivity contribution in [1.82, 2.24) is 5.32 Å². The first-order chi connectivity index (χ1) is 13.3. The molecule has 2 fully saturated rings. The number of amides is 2. The number of alkyl halides is 2. The van der Waals surface area contributed by atoms with Gasteiger partial charge in [0.1, 0.15) is 11.9 Å². The molecule has 1 aliphatic carbocycles. The van der Waals surface area contributed by atoms with E-state index in [9.17, 15) is 24.2 Å². The van der Waals surface area contributed by atoms with Crippen LogP contribution in [0.3, 0.4) is 0 Å². The Morgan fingerprint density at radius 1 is 1.32 bits per heavy atom. The van der Waals surface area contributed by atoms with Crippen molar-refractivity contribution < 1.29 is 28.9 Å². The minimum atomic E-state index is -1.21. The first-order valence-corrected chi connectivity index (χ1v) is 9.83. The van der Waals surface area contributed by atoms with Crippen LogP contribution in [0.2, 0.25) is 0 Å². The fourth-order valence-electron chi connectivity index (χ4n) is 3.56. The van der Waals surface area contributed by atoms with Crippen LogP contribution in [0.1, 0.15) is 30.7 Å². The van der Waals surface area contributed by atoms with Gasteiger partial charge in [-0.05, 0) is 42.9 Å². The molecule has 0 spiro atoms. The number of rotatable bonds is 5. The van der Waals surface area contributed by atoms with Gasteiger partial charge in [0.25, 0.3) is 5.91 Å². The largest absolute Gasteiger partial charge is 0.442 e. The standard InChI is InChI=1S/C18H21Cl2FN2O5/c19-16(20)17(26)22-7-11-8-23(18(27)28-11)10-2-3-12(13(21)6-10)9-1-4-14(24)15(25)5-9/h2-3,6,9,11,14-16,24-25H,1,4-5,7-8H2,(H,22,26)/t9?,11-,14?,15-/m0/s1. The summed E-state index contributed by atoms with van der Waals surface area (Å²) in [4.78, 5) is 23.6. The van der Waals surface area contributed by atoms with Crippen LogP contribution >= 0.6 is 23.2 Å². The first-order valence-electron chi connectivity index (χ1n) is 8.96. The number of nitrogens with one attached hydrogen (secondary N) is 1. The summed E-state index contributed by atoms with van der Waals surface area (Å²) < 4.78 is 19.8. The molecule has 28 heavy (non-hydrogen) atoms. The molecule has 3 N–H and O–H groups in total. The van der Waals surface area contributed by atoms with Gasteiger partial charge in [-0.3, -0.25) is 9.69 Å². The monoisotopic (exact) mass is 434 g/mol. The lowest BCUT2D eigenvalue weighted by Gasteiger charge is -2.30. The van der Waals surface area contributed by atoms with E-state index >= 15 is 0 Å².